The van der Waals surface area contributed by atoms with E-state index >= 15 is 0 Å². The molecule has 0 atom stereocenters. The monoisotopic (exact) mass is 255 g/mol. The van der Waals surface area contributed by atoms with Gasteiger partial charge < -0.3 is 10.4 Å². The second kappa shape index (κ2) is 6.50. The van der Waals surface area contributed by atoms with E-state index in [0.29, 0.717) is 18.0 Å². The van der Waals surface area contributed by atoms with Crippen LogP contribution in [0.5, 0.6) is 5.75 Å². The molecule has 0 aliphatic carbocycles. The maximum atomic E-state index is 11.7. The quantitative estimate of drug-likeness (QED) is 0.794. The van der Waals surface area contributed by atoms with Crippen molar-refractivity contribution in [3.63, 3.8) is 0 Å². The molecule has 0 unspecified atom stereocenters. The molecule has 3 nitrogen and oxygen atoms in total. The lowest BCUT2D eigenvalue weighted by Crippen LogP contribution is -2.24. The lowest BCUT2D eigenvalue weighted by Gasteiger charge is -2.07. The highest BCUT2D eigenvalue weighted by atomic mass is 35.5. The number of phenols is 1. The van der Waals surface area contributed by atoms with E-state index in [-0.39, 0.29) is 16.7 Å². The Hall–Kier alpha value is -1.22. The van der Waals surface area contributed by atoms with Crippen molar-refractivity contribution < 1.29 is 9.90 Å². The molecule has 0 fully saturated rings. The van der Waals surface area contributed by atoms with Gasteiger partial charge in [0, 0.05) is 12.1 Å². The first kappa shape index (κ1) is 13.8. The Labute approximate surface area is 107 Å². The smallest absolute Gasteiger partial charge is 0.251 e. The van der Waals surface area contributed by atoms with Gasteiger partial charge in [-0.1, -0.05) is 25.4 Å². The van der Waals surface area contributed by atoms with Gasteiger partial charge >= 0.3 is 0 Å². The Morgan fingerprint density at radius 2 is 2.18 bits per heavy atom. The highest BCUT2D eigenvalue weighted by Gasteiger charge is 2.07. The Bertz CT molecular complexity index is 391. The summed E-state index contributed by atoms with van der Waals surface area (Å²) in [4.78, 5) is 11.7. The van der Waals surface area contributed by atoms with Gasteiger partial charge in [0.25, 0.3) is 5.91 Å². The highest BCUT2D eigenvalue weighted by Crippen LogP contribution is 2.23. The van der Waals surface area contributed by atoms with Crippen molar-refractivity contribution in [2.75, 3.05) is 6.54 Å². The van der Waals surface area contributed by atoms with E-state index in [2.05, 4.69) is 19.2 Å². The van der Waals surface area contributed by atoms with Crippen LogP contribution >= 0.6 is 11.6 Å². The molecule has 94 valence electrons. The van der Waals surface area contributed by atoms with Crippen LogP contribution in [0.15, 0.2) is 18.2 Å². The normalized spacial score (nSPS) is 10.6. The minimum absolute atomic E-state index is 0.0111. The van der Waals surface area contributed by atoms with Crippen LogP contribution in [0, 0.1) is 5.92 Å². The molecule has 0 aliphatic rings. The number of halogens is 1. The van der Waals surface area contributed by atoms with E-state index < -0.39 is 0 Å². The summed E-state index contributed by atoms with van der Waals surface area (Å²) in [5, 5.41) is 12.3. The zero-order chi connectivity index (χ0) is 12.8. The molecule has 0 aliphatic heterocycles. The number of amides is 1. The molecule has 1 aromatic carbocycles. The predicted octanol–water partition coefficient (Wildman–Crippen LogP) is 3.21. The van der Waals surface area contributed by atoms with Gasteiger partial charge in [-0.25, -0.2) is 0 Å². The van der Waals surface area contributed by atoms with Gasteiger partial charge in [-0.3, -0.25) is 4.79 Å². The van der Waals surface area contributed by atoms with Gasteiger partial charge in [-0.2, -0.15) is 0 Å². The third-order valence-corrected chi connectivity index (χ3v) is 2.76. The highest BCUT2D eigenvalue weighted by molar-refractivity contribution is 6.32. The van der Waals surface area contributed by atoms with Crippen LogP contribution in [0.4, 0.5) is 0 Å². The number of aromatic hydroxyl groups is 1. The van der Waals surface area contributed by atoms with Gasteiger partial charge in [0.05, 0.1) is 5.02 Å². The van der Waals surface area contributed by atoms with Crippen molar-refractivity contribution in [3.05, 3.63) is 28.8 Å². The van der Waals surface area contributed by atoms with E-state index in [1.807, 2.05) is 0 Å². The molecule has 17 heavy (non-hydrogen) atoms. The van der Waals surface area contributed by atoms with Gasteiger partial charge in [0.2, 0.25) is 0 Å². The third kappa shape index (κ3) is 4.65. The SMILES string of the molecule is CC(C)CCCNC(=O)c1ccc(O)c(Cl)c1. The van der Waals surface area contributed by atoms with Gasteiger partial charge in [-0.15, -0.1) is 0 Å². The average molecular weight is 256 g/mol. The largest absolute Gasteiger partial charge is 0.506 e. The van der Waals surface area contributed by atoms with Crippen LogP contribution in [0.2, 0.25) is 5.02 Å². The van der Waals surface area contributed by atoms with E-state index in [9.17, 15) is 9.90 Å². The fourth-order valence-electron chi connectivity index (χ4n) is 1.46. The maximum Gasteiger partial charge on any atom is 0.251 e. The fraction of sp³-hybridized carbons (Fsp3) is 0.462. The lowest BCUT2D eigenvalue weighted by atomic mass is 10.1. The lowest BCUT2D eigenvalue weighted by molar-refractivity contribution is 0.0952. The molecule has 0 aromatic heterocycles. The summed E-state index contributed by atoms with van der Waals surface area (Å²) in [6.45, 7) is 4.97. The van der Waals surface area contributed by atoms with Crippen LogP contribution < -0.4 is 5.32 Å². The third-order valence-electron chi connectivity index (χ3n) is 2.45. The van der Waals surface area contributed by atoms with Crippen molar-refractivity contribution in [2.45, 2.75) is 26.7 Å². The predicted molar refractivity (Wildman–Crippen MR) is 69.5 cm³/mol. The minimum atomic E-state index is -0.157. The topological polar surface area (TPSA) is 49.3 Å². The number of nitrogens with one attached hydrogen (secondary N) is 1. The summed E-state index contributed by atoms with van der Waals surface area (Å²) in [6, 6.07) is 4.44. The molecule has 4 heteroatoms. The standard InChI is InChI=1S/C13H18ClNO2/c1-9(2)4-3-7-15-13(17)10-5-6-12(16)11(14)8-10/h5-6,8-9,16H,3-4,7H2,1-2H3,(H,15,17). The molecule has 1 aromatic rings. The number of benzene rings is 1. The summed E-state index contributed by atoms with van der Waals surface area (Å²) >= 11 is 5.73. The molecular weight excluding hydrogens is 238 g/mol. The van der Waals surface area contributed by atoms with Crippen molar-refractivity contribution in [2.24, 2.45) is 5.92 Å². The van der Waals surface area contributed by atoms with Crippen molar-refractivity contribution in [1.29, 1.82) is 0 Å². The molecular formula is C13H18ClNO2. The van der Waals surface area contributed by atoms with Gasteiger partial charge in [0.1, 0.15) is 5.75 Å². The summed E-state index contributed by atoms with van der Waals surface area (Å²) in [5.74, 6) is 0.480. The van der Waals surface area contributed by atoms with Gasteiger partial charge in [0.15, 0.2) is 0 Å². The first-order chi connectivity index (χ1) is 8.00. The Kier molecular flexibility index (Phi) is 5.29. The summed E-state index contributed by atoms with van der Waals surface area (Å²) in [5.41, 5.74) is 0.470. The number of hydrogen-bond acceptors (Lipinski definition) is 2. The number of hydrogen-bond donors (Lipinski definition) is 2. The molecule has 0 saturated heterocycles. The van der Waals surface area contributed by atoms with E-state index in [0.717, 1.165) is 12.8 Å². The van der Waals surface area contributed by atoms with Crippen LogP contribution in [0.3, 0.4) is 0 Å². The number of phenolic OH excluding ortho intramolecular Hbond substituents is 1. The first-order valence-corrected chi connectivity index (χ1v) is 6.15. The molecule has 1 amide bonds. The second-order valence-corrected chi connectivity index (χ2v) is 4.87. The van der Waals surface area contributed by atoms with Crippen LogP contribution in [-0.2, 0) is 0 Å². The average Bonchev–Trinajstić information content (AvgIpc) is 2.27. The molecule has 1 rings (SSSR count). The summed E-state index contributed by atoms with van der Waals surface area (Å²) in [7, 11) is 0. The van der Waals surface area contributed by atoms with E-state index in [4.69, 9.17) is 11.6 Å². The zero-order valence-electron chi connectivity index (χ0n) is 10.2. The fourth-order valence-corrected chi connectivity index (χ4v) is 1.64. The van der Waals surface area contributed by atoms with Crippen LogP contribution in [0.25, 0.3) is 0 Å². The molecule has 0 radical (unpaired) electrons. The van der Waals surface area contributed by atoms with Crippen molar-refractivity contribution in [1.82, 2.24) is 5.32 Å². The van der Waals surface area contributed by atoms with Crippen LogP contribution in [0.1, 0.15) is 37.0 Å². The molecule has 0 heterocycles. The molecule has 0 spiro atoms. The molecule has 2 N–H and O–H groups in total. The summed E-state index contributed by atoms with van der Waals surface area (Å²) < 4.78 is 0. The number of carbonyl (C=O) groups is 1. The van der Waals surface area contributed by atoms with E-state index in [1.54, 1.807) is 6.07 Å². The minimum Gasteiger partial charge on any atom is -0.506 e. The number of rotatable bonds is 5. The second-order valence-electron chi connectivity index (χ2n) is 4.46. The molecule has 0 saturated carbocycles. The van der Waals surface area contributed by atoms with E-state index in [1.165, 1.54) is 12.1 Å². The zero-order valence-corrected chi connectivity index (χ0v) is 10.9. The van der Waals surface area contributed by atoms with Crippen molar-refractivity contribution in [3.8, 4) is 5.75 Å². The Balaban J connectivity index is 2.44. The van der Waals surface area contributed by atoms with Crippen molar-refractivity contribution >= 4 is 17.5 Å². The Morgan fingerprint density at radius 3 is 2.76 bits per heavy atom. The first-order valence-electron chi connectivity index (χ1n) is 5.77. The number of carbonyl (C=O) groups excluding carboxylic acids is 1. The maximum absolute atomic E-state index is 11.7. The molecule has 0 bridgehead atoms. The van der Waals surface area contributed by atoms with Gasteiger partial charge in [-0.05, 0) is 37.0 Å². The van der Waals surface area contributed by atoms with Crippen LogP contribution in [-0.4, -0.2) is 17.6 Å². The summed E-state index contributed by atoms with van der Waals surface area (Å²) in [6.07, 6.45) is 2.06. The Morgan fingerprint density at radius 1 is 1.47 bits per heavy atom.